The van der Waals surface area contributed by atoms with E-state index in [1.54, 1.807) is 53.6 Å². The van der Waals surface area contributed by atoms with Gasteiger partial charge in [-0.3, -0.25) is 23.5 Å². The molecule has 0 saturated carbocycles. The summed E-state index contributed by atoms with van der Waals surface area (Å²) in [5, 5.41) is 2.65. The van der Waals surface area contributed by atoms with Gasteiger partial charge in [0.1, 0.15) is 0 Å². The molecule has 8 heteroatoms. The molecule has 2 heterocycles. The van der Waals surface area contributed by atoms with Crippen molar-refractivity contribution >= 4 is 46.2 Å². The van der Waals surface area contributed by atoms with Crippen LogP contribution in [-0.4, -0.2) is 26.9 Å². The number of hydrogen-bond donors (Lipinski definition) is 1. The second-order valence-electron chi connectivity index (χ2n) is 7.26. The van der Waals surface area contributed by atoms with E-state index < -0.39 is 0 Å². The van der Waals surface area contributed by atoms with Crippen molar-refractivity contribution in [3.63, 3.8) is 0 Å². The number of carbonyl (C=O) groups is 3. The standard InChI is InChI=1S/C22H20N4O4/c1-13(27)23-16-5-7-17(8-6-16)26-20(28)12-15(21(26)29)10-14-4-9-18-19(11-14)25(3)22(30)24(18)2/h4-11H,12H2,1-3H3,(H,23,27)/b15-10+. The van der Waals surface area contributed by atoms with Crippen molar-refractivity contribution < 1.29 is 14.4 Å². The molecule has 1 N–H and O–H groups in total. The third-order valence-corrected chi connectivity index (χ3v) is 5.15. The van der Waals surface area contributed by atoms with Crippen molar-refractivity contribution in [1.82, 2.24) is 9.13 Å². The normalized spacial score (nSPS) is 15.4. The highest BCUT2D eigenvalue weighted by Crippen LogP contribution is 2.29. The molecule has 4 rings (SSSR count). The first-order valence-corrected chi connectivity index (χ1v) is 9.37. The van der Waals surface area contributed by atoms with Gasteiger partial charge in [-0.15, -0.1) is 0 Å². The van der Waals surface area contributed by atoms with E-state index in [1.165, 1.54) is 6.92 Å². The molecule has 30 heavy (non-hydrogen) atoms. The van der Waals surface area contributed by atoms with E-state index in [0.29, 0.717) is 16.9 Å². The van der Waals surface area contributed by atoms with Crippen LogP contribution < -0.4 is 15.9 Å². The molecule has 8 nitrogen and oxygen atoms in total. The first kappa shape index (κ1) is 19.4. The van der Waals surface area contributed by atoms with Gasteiger partial charge in [0.25, 0.3) is 5.91 Å². The number of anilines is 2. The maximum atomic E-state index is 12.9. The summed E-state index contributed by atoms with van der Waals surface area (Å²) >= 11 is 0. The van der Waals surface area contributed by atoms with Gasteiger partial charge in [-0.25, -0.2) is 9.69 Å². The fraction of sp³-hybridized carbons (Fsp3) is 0.182. The van der Waals surface area contributed by atoms with Crippen LogP contribution in [0.25, 0.3) is 17.1 Å². The number of carbonyl (C=O) groups excluding carboxylic acids is 3. The number of imidazole rings is 1. The molecule has 3 amide bonds. The predicted molar refractivity (Wildman–Crippen MR) is 114 cm³/mol. The number of nitrogens with one attached hydrogen (secondary N) is 1. The van der Waals surface area contributed by atoms with Gasteiger partial charge in [-0.2, -0.15) is 0 Å². The lowest BCUT2D eigenvalue weighted by Gasteiger charge is -2.14. The molecule has 2 aromatic carbocycles. The number of benzene rings is 2. The number of amides is 3. The van der Waals surface area contributed by atoms with E-state index in [4.69, 9.17) is 0 Å². The van der Waals surface area contributed by atoms with E-state index >= 15 is 0 Å². The third kappa shape index (κ3) is 3.22. The Morgan fingerprint density at radius 1 is 0.967 bits per heavy atom. The van der Waals surface area contributed by atoms with E-state index in [1.807, 2.05) is 18.2 Å². The summed E-state index contributed by atoms with van der Waals surface area (Å²) in [5.74, 6) is -0.893. The Morgan fingerprint density at radius 2 is 1.63 bits per heavy atom. The van der Waals surface area contributed by atoms with Crippen LogP contribution in [0.2, 0.25) is 0 Å². The van der Waals surface area contributed by atoms with Crippen LogP contribution in [0, 0.1) is 0 Å². The highest BCUT2D eigenvalue weighted by Gasteiger charge is 2.34. The van der Waals surface area contributed by atoms with Crippen molar-refractivity contribution in [2.24, 2.45) is 14.1 Å². The first-order valence-electron chi connectivity index (χ1n) is 9.37. The Labute approximate surface area is 172 Å². The summed E-state index contributed by atoms with van der Waals surface area (Å²) in [5.41, 5.74) is 3.56. The van der Waals surface area contributed by atoms with Crippen LogP contribution in [0.4, 0.5) is 11.4 Å². The Morgan fingerprint density at radius 3 is 2.30 bits per heavy atom. The summed E-state index contributed by atoms with van der Waals surface area (Å²) in [7, 11) is 3.40. The average Bonchev–Trinajstić information content (AvgIpc) is 3.10. The molecule has 152 valence electrons. The lowest BCUT2D eigenvalue weighted by atomic mass is 10.1. The Hall–Kier alpha value is -3.94. The van der Waals surface area contributed by atoms with Gasteiger partial charge in [0.15, 0.2) is 0 Å². The summed E-state index contributed by atoms with van der Waals surface area (Å²) in [6, 6.07) is 12.0. The second kappa shape index (κ2) is 7.14. The van der Waals surface area contributed by atoms with Crippen molar-refractivity contribution in [3.8, 4) is 0 Å². The SMILES string of the molecule is CC(=O)Nc1ccc(N2C(=O)C/C(=C\c3ccc4c(c3)n(C)c(=O)n4C)C2=O)cc1. The van der Waals surface area contributed by atoms with Crippen LogP contribution in [-0.2, 0) is 28.5 Å². The maximum Gasteiger partial charge on any atom is 0.328 e. The van der Waals surface area contributed by atoms with Gasteiger partial charge in [0.2, 0.25) is 11.8 Å². The first-order chi connectivity index (χ1) is 14.3. The summed E-state index contributed by atoms with van der Waals surface area (Å²) in [6.07, 6.45) is 1.68. The van der Waals surface area contributed by atoms with E-state index in [0.717, 1.165) is 21.5 Å². The van der Waals surface area contributed by atoms with Crippen LogP contribution in [0.3, 0.4) is 0 Å². The Bertz CT molecular complexity index is 1300. The molecule has 1 saturated heterocycles. The van der Waals surface area contributed by atoms with Crippen LogP contribution >= 0.6 is 0 Å². The number of imide groups is 1. The lowest BCUT2D eigenvalue weighted by molar-refractivity contribution is -0.120. The lowest BCUT2D eigenvalue weighted by Crippen LogP contribution is -2.28. The van der Waals surface area contributed by atoms with Crippen LogP contribution in [0.15, 0.2) is 52.8 Å². The van der Waals surface area contributed by atoms with Crippen molar-refractivity contribution in [3.05, 3.63) is 64.1 Å². The summed E-state index contributed by atoms with van der Waals surface area (Å²) in [6.45, 7) is 1.41. The second-order valence-corrected chi connectivity index (χ2v) is 7.26. The molecular weight excluding hydrogens is 384 g/mol. The quantitative estimate of drug-likeness (QED) is 0.535. The van der Waals surface area contributed by atoms with Crippen molar-refractivity contribution in [2.75, 3.05) is 10.2 Å². The number of fused-ring (bicyclic) bond motifs is 1. The predicted octanol–water partition coefficient (Wildman–Crippen LogP) is 2.18. The number of hydrogen-bond acceptors (Lipinski definition) is 4. The topological polar surface area (TPSA) is 93.4 Å². The van der Waals surface area contributed by atoms with Crippen molar-refractivity contribution in [2.45, 2.75) is 13.3 Å². The van der Waals surface area contributed by atoms with E-state index in [2.05, 4.69) is 5.32 Å². The molecular formula is C22H20N4O4. The maximum absolute atomic E-state index is 12.9. The Kier molecular flexibility index (Phi) is 4.62. The minimum absolute atomic E-state index is 0.00195. The Balaban J connectivity index is 1.64. The molecule has 1 aliphatic heterocycles. The van der Waals surface area contributed by atoms with Gasteiger partial charge >= 0.3 is 5.69 Å². The number of rotatable bonds is 3. The van der Waals surface area contributed by atoms with E-state index in [9.17, 15) is 19.2 Å². The summed E-state index contributed by atoms with van der Waals surface area (Å²) in [4.78, 5) is 49.8. The fourth-order valence-electron chi connectivity index (χ4n) is 3.66. The summed E-state index contributed by atoms with van der Waals surface area (Å²) < 4.78 is 3.10. The highest BCUT2D eigenvalue weighted by molar-refractivity contribution is 6.29. The molecule has 3 aromatic rings. The third-order valence-electron chi connectivity index (χ3n) is 5.15. The van der Waals surface area contributed by atoms with Gasteiger partial charge in [0, 0.05) is 32.3 Å². The number of aryl methyl sites for hydroxylation is 2. The van der Waals surface area contributed by atoms with Crippen LogP contribution in [0.5, 0.6) is 0 Å². The number of nitrogens with zero attached hydrogens (tertiary/aromatic N) is 3. The average molecular weight is 404 g/mol. The van der Waals surface area contributed by atoms with E-state index in [-0.39, 0.29) is 29.8 Å². The zero-order chi connectivity index (χ0) is 21.6. The molecule has 0 radical (unpaired) electrons. The number of aromatic nitrogens is 2. The molecule has 0 bridgehead atoms. The van der Waals surface area contributed by atoms with Gasteiger partial charge in [-0.05, 0) is 48.0 Å². The molecule has 1 aliphatic rings. The monoisotopic (exact) mass is 404 g/mol. The molecule has 0 atom stereocenters. The van der Waals surface area contributed by atoms with Crippen LogP contribution in [0.1, 0.15) is 18.9 Å². The fourth-order valence-corrected chi connectivity index (χ4v) is 3.66. The van der Waals surface area contributed by atoms with Gasteiger partial charge in [0.05, 0.1) is 23.1 Å². The molecule has 0 aliphatic carbocycles. The zero-order valence-corrected chi connectivity index (χ0v) is 16.8. The van der Waals surface area contributed by atoms with Gasteiger partial charge in [-0.1, -0.05) is 6.07 Å². The largest absolute Gasteiger partial charge is 0.328 e. The minimum atomic E-state index is -0.380. The highest BCUT2D eigenvalue weighted by atomic mass is 16.2. The van der Waals surface area contributed by atoms with Gasteiger partial charge < -0.3 is 5.32 Å². The molecule has 1 fully saturated rings. The zero-order valence-electron chi connectivity index (χ0n) is 16.8. The molecule has 1 aromatic heterocycles. The minimum Gasteiger partial charge on any atom is -0.326 e. The van der Waals surface area contributed by atoms with Crippen molar-refractivity contribution in [1.29, 1.82) is 0 Å². The molecule has 0 unspecified atom stereocenters. The molecule has 0 spiro atoms. The smallest absolute Gasteiger partial charge is 0.326 e.